The summed E-state index contributed by atoms with van der Waals surface area (Å²) in [5.74, 6) is -1.05. The van der Waals surface area contributed by atoms with Crippen molar-refractivity contribution < 1.29 is 9.90 Å². The lowest BCUT2D eigenvalue weighted by molar-refractivity contribution is -0.141. The van der Waals surface area contributed by atoms with Crippen molar-refractivity contribution in [2.45, 2.75) is 19.8 Å². The predicted molar refractivity (Wildman–Crippen MR) is 57.1 cm³/mol. The largest absolute Gasteiger partial charge is 0.481 e. The molecule has 0 aliphatic rings. The number of carboxylic acid groups (broad SMARTS) is 1. The summed E-state index contributed by atoms with van der Waals surface area (Å²) < 4.78 is 0.938. The maximum Gasteiger partial charge on any atom is 0.306 e. The third kappa shape index (κ3) is 3.46. The first-order valence-electron chi connectivity index (χ1n) is 4.43. The molecule has 1 aromatic rings. The highest BCUT2D eigenvalue weighted by Gasteiger charge is 2.10. The fourth-order valence-electron chi connectivity index (χ4n) is 1.04. The molecule has 1 rings (SSSR count). The molecule has 0 aliphatic heterocycles. The Morgan fingerprint density at radius 1 is 1.64 bits per heavy atom. The molecule has 0 saturated carbocycles. The maximum absolute atomic E-state index is 10.5. The molecule has 3 nitrogen and oxygen atoms in total. The van der Waals surface area contributed by atoms with Crippen LogP contribution in [0.4, 0.5) is 0 Å². The molecule has 0 aliphatic carbocycles. The van der Waals surface area contributed by atoms with Gasteiger partial charge in [0.1, 0.15) is 0 Å². The van der Waals surface area contributed by atoms with E-state index < -0.39 is 5.97 Å². The van der Waals surface area contributed by atoms with Gasteiger partial charge in [-0.2, -0.15) is 0 Å². The first kappa shape index (κ1) is 11.2. The van der Waals surface area contributed by atoms with Crippen LogP contribution in [0.5, 0.6) is 0 Å². The van der Waals surface area contributed by atoms with Gasteiger partial charge in [0, 0.05) is 16.4 Å². The van der Waals surface area contributed by atoms with Gasteiger partial charge in [0.15, 0.2) is 0 Å². The van der Waals surface area contributed by atoms with Gasteiger partial charge < -0.3 is 5.11 Å². The van der Waals surface area contributed by atoms with E-state index in [2.05, 4.69) is 20.9 Å². The van der Waals surface area contributed by atoms with Crippen molar-refractivity contribution in [1.82, 2.24) is 4.98 Å². The Kier molecular flexibility index (Phi) is 4.07. The SMILES string of the molecule is CC(CCc1ccc(Br)cn1)C(=O)O. The van der Waals surface area contributed by atoms with Gasteiger partial charge >= 0.3 is 5.97 Å². The molecule has 0 saturated heterocycles. The van der Waals surface area contributed by atoms with Crippen molar-refractivity contribution in [2.75, 3.05) is 0 Å². The summed E-state index contributed by atoms with van der Waals surface area (Å²) in [5.41, 5.74) is 0.932. The van der Waals surface area contributed by atoms with Crippen LogP contribution in [0.3, 0.4) is 0 Å². The summed E-state index contributed by atoms with van der Waals surface area (Å²) in [7, 11) is 0. The van der Waals surface area contributed by atoms with Crippen molar-refractivity contribution in [3.63, 3.8) is 0 Å². The third-order valence-electron chi connectivity index (χ3n) is 2.04. The predicted octanol–water partition coefficient (Wildman–Crippen LogP) is 2.50. The quantitative estimate of drug-likeness (QED) is 0.902. The monoisotopic (exact) mass is 257 g/mol. The molecule has 1 unspecified atom stereocenters. The summed E-state index contributed by atoms with van der Waals surface area (Å²) in [5, 5.41) is 8.68. The second-order valence-corrected chi connectivity index (χ2v) is 4.16. The molecule has 1 heterocycles. The van der Waals surface area contributed by atoms with E-state index in [4.69, 9.17) is 5.11 Å². The Morgan fingerprint density at radius 3 is 2.86 bits per heavy atom. The van der Waals surface area contributed by atoms with E-state index in [9.17, 15) is 4.79 Å². The topological polar surface area (TPSA) is 50.2 Å². The minimum Gasteiger partial charge on any atom is -0.481 e. The molecule has 76 valence electrons. The number of aryl methyl sites for hydroxylation is 1. The van der Waals surface area contributed by atoms with Crippen molar-refractivity contribution >= 4 is 21.9 Å². The third-order valence-corrected chi connectivity index (χ3v) is 2.51. The average Bonchev–Trinajstić information content (AvgIpc) is 2.16. The lowest BCUT2D eigenvalue weighted by Gasteiger charge is -2.04. The Bertz CT molecular complexity index is 310. The van der Waals surface area contributed by atoms with Gasteiger partial charge in [-0.15, -0.1) is 0 Å². The molecule has 1 aromatic heterocycles. The van der Waals surface area contributed by atoms with Gasteiger partial charge in [-0.05, 0) is 40.9 Å². The number of pyridine rings is 1. The van der Waals surface area contributed by atoms with E-state index in [1.807, 2.05) is 12.1 Å². The number of aliphatic carboxylic acids is 1. The van der Waals surface area contributed by atoms with Gasteiger partial charge in [-0.25, -0.2) is 0 Å². The van der Waals surface area contributed by atoms with E-state index in [1.54, 1.807) is 13.1 Å². The van der Waals surface area contributed by atoms with Crippen LogP contribution in [-0.2, 0) is 11.2 Å². The van der Waals surface area contributed by atoms with Crippen LogP contribution in [0.2, 0.25) is 0 Å². The van der Waals surface area contributed by atoms with E-state index in [0.29, 0.717) is 12.8 Å². The molecule has 1 atom stereocenters. The van der Waals surface area contributed by atoms with Crippen LogP contribution in [0, 0.1) is 5.92 Å². The maximum atomic E-state index is 10.5. The normalized spacial score (nSPS) is 12.4. The van der Waals surface area contributed by atoms with Crippen LogP contribution in [0.1, 0.15) is 19.0 Å². The Hall–Kier alpha value is -0.900. The zero-order chi connectivity index (χ0) is 10.6. The van der Waals surface area contributed by atoms with Gasteiger partial charge in [0.25, 0.3) is 0 Å². The van der Waals surface area contributed by atoms with E-state index >= 15 is 0 Å². The van der Waals surface area contributed by atoms with Crippen LogP contribution in [-0.4, -0.2) is 16.1 Å². The van der Waals surface area contributed by atoms with Crippen molar-refractivity contribution in [3.05, 3.63) is 28.5 Å². The first-order chi connectivity index (χ1) is 6.59. The molecule has 0 amide bonds. The summed E-state index contributed by atoms with van der Waals surface area (Å²) in [4.78, 5) is 14.7. The molecular weight excluding hydrogens is 246 g/mol. The van der Waals surface area contributed by atoms with Gasteiger partial charge in [-0.3, -0.25) is 9.78 Å². The number of carbonyl (C=O) groups is 1. The fourth-order valence-corrected chi connectivity index (χ4v) is 1.28. The number of hydrogen-bond donors (Lipinski definition) is 1. The van der Waals surface area contributed by atoms with E-state index in [1.165, 1.54) is 0 Å². The number of nitrogens with zero attached hydrogens (tertiary/aromatic N) is 1. The summed E-state index contributed by atoms with van der Waals surface area (Å²) in [6, 6.07) is 3.81. The number of hydrogen-bond acceptors (Lipinski definition) is 2. The van der Waals surface area contributed by atoms with E-state index in [0.717, 1.165) is 10.2 Å². The van der Waals surface area contributed by atoms with Crippen LogP contribution in [0.25, 0.3) is 0 Å². The zero-order valence-corrected chi connectivity index (χ0v) is 9.49. The van der Waals surface area contributed by atoms with Gasteiger partial charge in [-0.1, -0.05) is 6.92 Å². The first-order valence-corrected chi connectivity index (χ1v) is 5.22. The molecule has 4 heteroatoms. The molecule has 1 N–H and O–H groups in total. The number of rotatable bonds is 4. The number of carboxylic acids is 1. The number of aromatic nitrogens is 1. The smallest absolute Gasteiger partial charge is 0.306 e. The lowest BCUT2D eigenvalue weighted by atomic mass is 10.0. The molecule has 0 spiro atoms. The molecular formula is C10H12BrNO2. The standard InChI is InChI=1S/C10H12BrNO2/c1-7(10(13)14)2-4-9-5-3-8(11)6-12-9/h3,5-7H,2,4H2,1H3,(H,13,14). The highest BCUT2D eigenvalue weighted by atomic mass is 79.9. The Balaban J connectivity index is 2.46. The second kappa shape index (κ2) is 5.10. The Morgan fingerprint density at radius 2 is 2.36 bits per heavy atom. The molecule has 0 radical (unpaired) electrons. The van der Waals surface area contributed by atoms with Crippen LogP contribution < -0.4 is 0 Å². The summed E-state index contributed by atoms with van der Waals surface area (Å²) >= 11 is 3.29. The molecule has 0 fully saturated rings. The molecule has 0 bridgehead atoms. The minimum absolute atomic E-state index is 0.305. The van der Waals surface area contributed by atoms with Crippen LogP contribution >= 0.6 is 15.9 Å². The molecule has 14 heavy (non-hydrogen) atoms. The highest BCUT2D eigenvalue weighted by molar-refractivity contribution is 9.10. The zero-order valence-electron chi connectivity index (χ0n) is 7.90. The van der Waals surface area contributed by atoms with Crippen LogP contribution in [0.15, 0.2) is 22.8 Å². The second-order valence-electron chi connectivity index (χ2n) is 3.25. The van der Waals surface area contributed by atoms with Crippen molar-refractivity contribution in [1.29, 1.82) is 0 Å². The lowest BCUT2D eigenvalue weighted by Crippen LogP contribution is -2.10. The van der Waals surface area contributed by atoms with Crippen molar-refractivity contribution in [2.24, 2.45) is 5.92 Å². The van der Waals surface area contributed by atoms with Gasteiger partial charge in [0.05, 0.1) is 5.92 Å². The average molecular weight is 258 g/mol. The van der Waals surface area contributed by atoms with Gasteiger partial charge in [0.2, 0.25) is 0 Å². The summed E-state index contributed by atoms with van der Waals surface area (Å²) in [6.07, 6.45) is 3.06. The summed E-state index contributed by atoms with van der Waals surface area (Å²) in [6.45, 7) is 1.71. The highest BCUT2D eigenvalue weighted by Crippen LogP contribution is 2.11. The molecule has 0 aromatic carbocycles. The Labute approximate surface area is 91.3 Å². The van der Waals surface area contributed by atoms with E-state index in [-0.39, 0.29) is 5.92 Å². The van der Waals surface area contributed by atoms with Crippen molar-refractivity contribution in [3.8, 4) is 0 Å². The number of halogens is 1. The minimum atomic E-state index is -0.748. The fraction of sp³-hybridized carbons (Fsp3) is 0.400.